The van der Waals surface area contributed by atoms with Gasteiger partial charge in [-0.1, -0.05) is 17.7 Å². The van der Waals surface area contributed by atoms with E-state index in [-0.39, 0.29) is 19.0 Å². The van der Waals surface area contributed by atoms with Crippen LogP contribution in [0.4, 0.5) is 5.69 Å². The lowest BCUT2D eigenvalue weighted by atomic mass is 10.1. The van der Waals surface area contributed by atoms with Crippen molar-refractivity contribution in [3.05, 3.63) is 29.3 Å². The normalized spacial score (nSPS) is 13.6. The molecule has 1 N–H and O–H groups in total. The van der Waals surface area contributed by atoms with Crippen LogP contribution in [0.15, 0.2) is 18.2 Å². The van der Waals surface area contributed by atoms with E-state index >= 15 is 0 Å². The standard InChI is InChI=1S/C12H17NO.ClH/c1-10-3-4-12-11(9-10)5-7-13(12)6-2-8-14;/h3-4,9,14H,2,5-8H2,1H3;1H. The highest BCUT2D eigenvalue weighted by Gasteiger charge is 2.17. The SMILES string of the molecule is Cc1ccc2c(c1)CCN2CCCO.Cl. The molecule has 0 unspecified atom stereocenters. The zero-order chi connectivity index (χ0) is 9.97. The average Bonchev–Trinajstić information content (AvgIpc) is 2.57. The van der Waals surface area contributed by atoms with Crippen molar-refractivity contribution in [2.24, 2.45) is 0 Å². The van der Waals surface area contributed by atoms with Crippen LogP contribution in [-0.4, -0.2) is 24.8 Å². The molecule has 1 aromatic carbocycles. The van der Waals surface area contributed by atoms with Gasteiger partial charge in [-0.25, -0.2) is 0 Å². The molecule has 0 radical (unpaired) electrons. The van der Waals surface area contributed by atoms with E-state index in [1.807, 2.05) is 0 Å². The summed E-state index contributed by atoms with van der Waals surface area (Å²) in [5.41, 5.74) is 4.17. The van der Waals surface area contributed by atoms with Gasteiger partial charge in [-0.15, -0.1) is 12.4 Å². The Morgan fingerprint density at radius 2 is 2.20 bits per heavy atom. The minimum atomic E-state index is 0. The largest absolute Gasteiger partial charge is 0.396 e. The molecule has 0 aromatic heterocycles. The van der Waals surface area contributed by atoms with Gasteiger partial charge in [0.25, 0.3) is 0 Å². The Balaban J connectivity index is 0.00000112. The molecule has 0 bridgehead atoms. The number of nitrogens with zero attached hydrogens (tertiary/aromatic N) is 1. The van der Waals surface area contributed by atoms with E-state index in [2.05, 4.69) is 30.0 Å². The van der Waals surface area contributed by atoms with E-state index in [1.165, 1.54) is 16.8 Å². The molecule has 0 atom stereocenters. The summed E-state index contributed by atoms with van der Waals surface area (Å²) in [6.07, 6.45) is 2.02. The second-order valence-electron chi connectivity index (χ2n) is 3.95. The summed E-state index contributed by atoms with van der Waals surface area (Å²) in [5.74, 6) is 0. The second kappa shape index (κ2) is 5.38. The Labute approximate surface area is 97.3 Å². The lowest BCUT2D eigenvalue weighted by Gasteiger charge is -2.18. The third-order valence-corrected chi connectivity index (χ3v) is 2.81. The molecule has 15 heavy (non-hydrogen) atoms. The molecule has 84 valence electrons. The highest BCUT2D eigenvalue weighted by Crippen LogP contribution is 2.28. The molecule has 3 heteroatoms. The molecular weight excluding hydrogens is 210 g/mol. The van der Waals surface area contributed by atoms with Crippen molar-refractivity contribution in [3.63, 3.8) is 0 Å². The molecule has 0 saturated heterocycles. The molecule has 1 heterocycles. The predicted octanol–water partition coefficient (Wildman–Crippen LogP) is 2.16. The van der Waals surface area contributed by atoms with E-state index in [0.29, 0.717) is 0 Å². The van der Waals surface area contributed by atoms with Gasteiger partial charge in [-0.2, -0.15) is 0 Å². The second-order valence-corrected chi connectivity index (χ2v) is 3.95. The van der Waals surface area contributed by atoms with Crippen LogP contribution in [0.5, 0.6) is 0 Å². The number of benzene rings is 1. The number of halogens is 1. The van der Waals surface area contributed by atoms with Crippen LogP contribution in [-0.2, 0) is 6.42 Å². The molecule has 1 aliphatic heterocycles. The maximum atomic E-state index is 8.79. The van der Waals surface area contributed by atoms with Crippen LogP contribution >= 0.6 is 12.4 Å². The van der Waals surface area contributed by atoms with Gasteiger partial charge in [0.1, 0.15) is 0 Å². The van der Waals surface area contributed by atoms with Gasteiger partial charge in [0, 0.05) is 25.4 Å². The van der Waals surface area contributed by atoms with Crippen LogP contribution in [0.2, 0.25) is 0 Å². The smallest absolute Gasteiger partial charge is 0.0447 e. The van der Waals surface area contributed by atoms with E-state index < -0.39 is 0 Å². The molecule has 0 spiro atoms. The van der Waals surface area contributed by atoms with Crippen molar-refractivity contribution in [2.45, 2.75) is 19.8 Å². The highest BCUT2D eigenvalue weighted by atomic mass is 35.5. The van der Waals surface area contributed by atoms with Gasteiger partial charge < -0.3 is 10.0 Å². The number of fused-ring (bicyclic) bond motifs is 1. The van der Waals surface area contributed by atoms with E-state index in [4.69, 9.17) is 5.11 Å². The Hall–Kier alpha value is -0.730. The maximum absolute atomic E-state index is 8.79. The molecular formula is C12H18ClNO. The summed E-state index contributed by atoms with van der Waals surface area (Å²) < 4.78 is 0. The first kappa shape index (κ1) is 12.3. The van der Waals surface area contributed by atoms with Gasteiger partial charge >= 0.3 is 0 Å². The van der Waals surface area contributed by atoms with Crippen molar-refractivity contribution >= 4 is 18.1 Å². The van der Waals surface area contributed by atoms with Gasteiger partial charge in [-0.05, 0) is 31.4 Å². The summed E-state index contributed by atoms with van der Waals surface area (Å²) in [5, 5.41) is 8.79. The van der Waals surface area contributed by atoms with Gasteiger partial charge in [0.2, 0.25) is 0 Å². The summed E-state index contributed by atoms with van der Waals surface area (Å²) in [6.45, 7) is 4.51. The first-order chi connectivity index (χ1) is 6.81. The van der Waals surface area contributed by atoms with Gasteiger partial charge in [0.05, 0.1) is 0 Å². The number of rotatable bonds is 3. The minimum Gasteiger partial charge on any atom is -0.396 e. The minimum absolute atomic E-state index is 0. The topological polar surface area (TPSA) is 23.5 Å². The fraction of sp³-hybridized carbons (Fsp3) is 0.500. The van der Waals surface area contributed by atoms with Crippen LogP contribution in [0.1, 0.15) is 17.5 Å². The fourth-order valence-electron chi connectivity index (χ4n) is 2.09. The monoisotopic (exact) mass is 227 g/mol. The van der Waals surface area contributed by atoms with E-state index in [1.54, 1.807) is 0 Å². The third-order valence-electron chi connectivity index (χ3n) is 2.81. The first-order valence-electron chi connectivity index (χ1n) is 5.26. The van der Waals surface area contributed by atoms with Gasteiger partial charge in [-0.3, -0.25) is 0 Å². The molecule has 2 nitrogen and oxygen atoms in total. The summed E-state index contributed by atoms with van der Waals surface area (Å²) in [4.78, 5) is 2.37. The quantitative estimate of drug-likeness (QED) is 0.856. The zero-order valence-electron chi connectivity index (χ0n) is 9.07. The lowest BCUT2D eigenvalue weighted by molar-refractivity contribution is 0.290. The number of hydrogen-bond donors (Lipinski definition) is 1. The van der Waals surface area contributed by atoms with Crippen LogP contribution in [0.25, 0.3) is 0 Å². The summed E-state index contributed by atoms with van der Waals surface area (Å²) in [6, 6.07) is 6.64. The van der Waals surface area contributed by atoms with Crippen molar-refractivity contribution in [3.8, 4) is 0 Å². The number of anilines is 1. The number of aliphatic hydroxyl groups is 1. The number of hydrogen-bond acceptors (Lipinski definition) is 2. The van der Waals surface area contributed by atoms with Crippen LogP contribution in [0.3, 0.4) is 0 Å². The molecule has 1 aliphatic rings. The Bertz CT molecular complexity index is 327. The van der Waals surface area contributed by atoms with Crippen molar-refractivity contribution in [1.29, 1.82) is 0 Å². The predicted molar refractivity (Wildman–Crippen MR) is 66.0 cm³/mol. The Morgan fingerprint density at radius 3 is 2.93 bits per heavy atom. The van der Waals surface area contributed by atoms with Crippen LogP contribution in [0, 0.1) is 6.92 Å². The molecule has 1 aromatic rings. The summed E-state index contributed by atoms with van der Waals surface area (Å²) in [7, 11) is 0. The summed E-state index contributed by atoms with van der Waals surface area (Å²) >= 11 is 0. The van der Waals surface area contributed by atoms with Crippen molar-refractivity contribution in [1.82, 2.24) is 0 Å². The molecule has 0 aliphatic carbocycles. The average molecular weight is 228 g/mol. The molecule has 2 rings (SSSR count). The molecule has 0 amide bonds. The number of aryl methyl sites for hydroxylation is 1. The van der Waals surface area contributed by atoms with Crippen molar-refractivity contribution < 1.29 is 5.11 Å². The first-order valence-corrected chi connectivity index (χ1v) is 5.26. The Morgan fingerprint density at radius 1 is 1.40 bits per heavy atom. The highest BCUT2D eigenvalue weighted by molar-refractivity contribution is 5.85. The number of aliphatic hydroxyl groups excluding tert-OH is 1. The molecule has 0 fully saturated rings. The van der Waals surface area contributed by atoms with Crippen LogP contribution < -0.4 is 4.90 Å². The van der Waals surface area contributed by atoms with E-state index in [9.17, 15) is 0 Å². The Kier molecular flexibility index (Phi) is 4.43. The van der Waals surface area contributed by atoms with Crippen molar-refractivity contribution in [2.75, 3.05) is 24.6 Å². The lowest BCUT2D eigenvalue weighted by Crippen LogP contribution is -2.22. The third kappa shape index (κ3) is 2.64. The fourth-order valence-corrected chi connectivity index (χ4v) is 2.09. The van der Waals surface area contributed by atoms with E-state index in [0.717, 1.165) is 25.9 Å². The zero-order valence-corrected chi connectivity index (χ0v) is 9.89. The maximum Gasteiger partial charge on any atom is 0.0447 e. The molecule has 0 saturated carbocycles. The van der Waals surface area contributed by atoms with Gasteiger partial charge in [0.15, 0.2) is 0 Å².